The Labute approximate surface area is 157 Å². The second-order valence-electron chi connectivity index (χ2n) is 4.74. The Morgan fingerprint density at radius 1 is 0.909 bits per heavy atom. The summed E-state index contributed by atoms with van der Waals surface area (Å²) in [5.74, 6) is 0. The molecule has 3 N–H and O–H groups in total. The molecule has 0 saturated carbocycles. The zero-order valence-electron chi connectivity index (χ0n) is 14.7. The number of hydrogen-bond acceptors (Lipinski definition) is 4. The molecule has 9 heteroatoms. The predicted octanol–water partition coefficient (Wildman–Crippen LogP) is 1.07. The van der Waals surface area contributed by atoms with E-state index in [2.05, 4.69) is 11.7 Å². The fourth-order valence-corrected chi connectivity index (χ4v) is 1.75. The maximum absolute atomic E-state index is 10.0. The number of carboxylic acid groups (broad SMARTS) is 1. The number of unbranched alkanes of at least 4 members (excludes halogenated alkanes) is 9. The summed E-state index contributed by atoms with van der Waals surface area (Å²) in [6, 6.07) is 0. The van der Waals surface area contributed by atoms with Crippen LogP contribution in [0.4, 0.5) is 4.79 Å². The summed E-state index contributed by atoms with van der Waals surface area (Å²) in [5, 5.41) is 8.23. The zero-order valence-corrected chi connectivity index (χ0v) is 16.5. The summed E-state index contributed by atoms with van der Waals surface area (Å²) in [7, 11) is -4.67. The molecule has 0 atom stereocenters. The Kier molecular flexibility index (Phi) is 23.6. The molecule has 0 aromatic heterocycles. The molecule has 0 aromatic rings. The molecule has 0 saturated heterocycles. The maximum atomic E-state index is 10.0. The Balaban J connectivity index is -0.000000225. The quantitative estimate of drug-likeness (QED) is 0.220. The first-order chi connectivity index (χ1) is 9.77. The predicted molar refractivity (Wildman–Crippen MR) is 81.1 cm³/mol. The van der Waals surface area contributed by atoms with Crippen molar-refractivity contribution >= 4 is 16.6 Å². The Hall–Kier alpha value is 0.140. The summed E-state index contributed by atoms with van der Waals surface area (Å²) >= 11 is 0. The van der Waals surface area contributed by atoms with E-state index < -0.39 is 16.6 Å². The SMILES string of the molecule is CCCCCCCCCCCCOC(=O)O.O=S(=O)(O)O.[H-].[Na+]. The molecule has 0 bridgehead atoms. The van der Waals surface area contributed by atoms with E-state index in [1.165, 1.54) is 51.4 Å². The maximum Gasteiger partial charge on any atom is 1.00 e. The van der Waals surface area contributed by atoms with Crippen molar-refractivity contribution in [3.05, 3.63) is 0 Å². The van der Waals surface area contributed by atoms with Crippen LogP contribution in [0.5, 0.6) is 0 Å². The molecular weight excluding hydrogens is 323 g/mol. The van der Waals surface area contributed by atoms with Crippen molar-refractivity contribution < 1.29 is 63.1 Å². The monoisotopic (exact) mass is 352 g/mol. The van der Waals surface area contributed by atoms with Gasteiger partial charge in [0, 0.05) is 0 Å². The summed E-state index contributed by atoms with van der Waals surface area (Å²) < 4.78 is 36.0. The van der Waals surface area contributed by atoms with Crippen LogP contribution in [-0.2, 0) is 15.1 Å². The molecule has 0 unspecified atom stereocenters. The summed E-state index contributed by atoms with van der Waals surface area (Å²) in [4.78, 5) is 10.0. The molecule has 7 nitrogen and oxygen atoms in total. The molecule has 0 spiro atoms. The average molecular weight is 352 g/mol. The van der Waals surface area contributed by atoms with E-state index in [-0.39, 0.29) is 31.0 Å². The van der Waals surface area contributed by atoms with Crippen molar-refractivity contribution in [2.75, 3.05) is 6.61 Å². The van der Waals surface area contributed by atoms with E-state index in [0.29, 0.717) is 6.61 Å². The van der Waals surface area contributed by atoms with Gasteiger partial charge in [-0.1, -0.05) is 64.7 Å². The van der Waals surface area contributed by atoms with Crippen molar-refractivity contribution in [1.82, 2.24) is 0 Å². The smallest absolute Gasteiger partial charge is 1.00 e. The van der Waals surface area contributed by atoms with Gasteiger partial charge in [-0.15, -0.1) is 0 Å². The first kappa shape index (κ1) is 27.0. The van der Waals surface area contributed by atoms with Gasteiger partial charge < -0.3 is 11.3 Å². The van der Waals surface area contributed by atoms with Crippen LogP contribution >= 0.6 is 0 Å². The number of rotatable bonds is 11. The van der Waals surface area contributed by atoms with Gasteiger partial charge in [-0.05, 0) is 6.42 Å². The molecule has 0 aliphatic rings. The normalized spacial score (nSPS) is 10.1. The first-order valence-corrected chi connectivity index (χ1v) is 8.72. The summed E-state index contributed by atoms with van der Waals surface area (Å²) in [5.41, 5.74) is 0. The Morgan fingerprint density at radius 2 is 1.23 bits per heavy atom. The average Bonchev–Trinajstić information content (AvgIpc) is 2.33. The Morgan fingerprint density at radius 3 is 1.55 bits per heavy atom. The van der Waals surface area contributed by atoms with Crippen molar-refractivity contribution in [1.29, 1.82) is 0 Å². The summed E-state index contributed by atoms with van der Waals surface area (Å²) in [6.45, 7) is 2.59. The van der Waals surface area contributed by atoms with E-state index in [1.807, 2.05) is 0 Å². The van der Waals surface area contributed by atoms with Crippen molar-refractivity contribution in [3.63, 3.8) is 0 Å². The van der Waals surface area contributed by atoms with E-state index in [9.17, 15) is 4.79 Å². The first-order valence-electron chi connectivity index (χ1n) is 7.33. The summed E-state index contributed by atoms with van der Waals surface area (Å²) in [6.07, 6.45) is 11.4. The third kappa shape index (κ3) is 42.7. The van der Waals surface area contributed by atoms with Crippen LogP contribution in [0, 0.1) is 0 Å². The van der Waals surface area contributed by atoms with Gasteiger partial charge >= 0.3 is 46.1 Å². The van der Waals surface area contributed by atoms with Crippen molar-refractivity contribution in [3.8, 4) is 0 Å². The fraction of sp³-hybridized carbons (Fsp3) is 0.923. The van der Waals surface area contributed by atoms with Gasteiger partial charge in [0.15, 0.2) is 0 Å². The van der Waals surface area contributed by atoms with Gasteiger partial charge in [0.05, 0.1) is 6.61 Å². The van der Waals surface area contributed by atoms with Gasteiger partial charge in [-0.3, -0.25) is 9.11 Å². The minimum absolute atomic E-state index is 0. The van der Waals surface area contributed by atoms with E-state index >= 15 is 0 Å². The third-order valence-corrected chi connectivity index (χ3v) is 2.72. The topological polar surface area (TPSA) is 121 Å². The van der Waals surface area contributed by atoms with Crippen LogP contribution in [0.15, 0.2) is 0 Å². The minimum Gasteiger partial charge on any atom is -1.00 e. The molecule has 0 rings (SSSR count). The standard InChI is InChI=1S/C13H26O3.Na.H2O4S.H/c1-2-3-4-5-6-7-8-9-10-11-12-16-13(14)15;;1-5(2,3)4;/h2-12H2,1H3,(H,14,15);;(H2,1,2,3,4);/q;+1;;-1. The van der Waals surface area contributed by atoms with E-state index in [0.717, 1.165) is 12.8 Å². The second-order valence-corrected chi connectivity index (χ2v) is 5.64. The number of ether oxygens (including phenoxy) is 1. The molecule has 130 valence electrons. The van der Waals surface area contributed by atoms with E-state index in [4.69, 9.17) is 22.6 Å². The van der Waals surface area contributed by atoms with Gasteiger partial charge in [-0.25, -0.2) is 4.79 Å². The van der Waals surface area contributed by atoms with Crippen LogP contribution in [-0.4, -0.2) is 35.4 Å². The molecule has 0 amide bonds. The van der Waals surface area contributed by atoms with Crippen LogP contribution in [0.1, 0.15) is 72.6 Å². The van der Waals surface area contributed by atoms with Gasteiger partial charge in [0.1, 0.15) is 0 Å². The van der Waals surface area contributed by atoms with Crippen LogP contribution < -0.4 is 29.6 Å². The molecule has 0 heterocycles. The molecule has 0 aliphatic carbocycles. The molecule has 22 heavy (non-hydrogen) atoms. The largest absolute Gasteiger partial charge is 1.00 e. The molecule has 0 aromatic carbocycles. The van der Waals surface area contributed by atoms with Crippen LogP contribution in [0.25, 0.3) is 0 Å². The Bertz CT molecular complexity index is 331. The van der Waals surface area contributed by atoms with Gasteiger partial charge in [0.2, 0.25) is 0 Å². The van der Waals surface area contributed by atoms with Gasteiger partial charge in [-0.2, -0.15) is 8.42 Å². The number of carbonyl (C=O) groups is 1. The van der Waals surface area contributed by atoms with Crippen LogP contribution in [0.3, 0.4) is 0 Å². The van der Waals surface area contributed by atoms with Crippen LogP contribution in [0.2, 0.25) is 0 Å². The number of hydrogen-bond donors (Lipinski definition) is 3. The van der Waals surface area contributed by atoms with E-state index in [1.54, 1.807) is 0 Å². The molecule has 0 aliphatic heterocycles. The van der Waals surface area contributed by atoms with Gasteiger partial charge in [0.25, 0.3) is 0 Å². The zero-order chi connectivity index (χ0) is 16.6. The van der Waals surface area contributed by atoms with Crippen molar-refractivity contribution in [2.45, 2.75) is 71.1 Å². The fourth-order valence-electron chi connectivity index (χ4n) is 1.75. The van der Waals surface area contributed by atoms with Crippen molar-refractivity contribution in [2.24, 2.45) is 0 Å². The molecule has 0 radical (unpaired) electrons. The minimum atomic E-state index is -4.67. The third-order valence-electron chi connectivity index (χ3n) is 2.72. The molecule has 0 fully saturated rings. The second kappa shape index (κ2) is 19.2. The molecular formula is C13H29NaO7S.